The second-order valence-corrected chi connectivity index (χ2v) is 16.0. The molecule has 3 aromatic rings. The Morgan fingerprint density at radius 2 is 1.09 bits per heavy atom. The lowest BCUT2D eigenvalue weighted by Gasteiger charge is -2.28. The molecule has 2 heterocycles. The van der Waals surface area contributed by atoms with Crippen molar-refractivity contribution in [2.24, 2.45) is 0 Å². The van der Waals surface area contributed by atoms with Gasteiger partial charge >= 0.3 is 12.2 Å². The number of rotatable bonds is 11. The molecule has 2 fully saturated rings. The number of hydrogen-bond donors (Lipinski definition) is 2. The van der Waals surface area contributed by atoms with Gasteiger partial charge in [0, 0.05) is 31.9 Å². The first-order valence-corrected chi connectivity index (χ1v) is 18.9. The normalized spacial score (nSPS) is 16.9. The maximum atomic E-state index is 14.1. The lowest BCUT2D eigenvalue weighted by molar-refractivity contribution is -0.121. The van der Waals surface area contributed by atoms with Crippen molar-refractivity contribution in [3.05, 3.63) is 77.6 Å². The van der Waals surface area contributed by atoms with E-state index in [1.54, 1.807) is 65.8 Å². The van der Waals surface area contributed by atoms with E-state index in [-0.39, 0.29) is 17.6 Å². The molecule has 2 aliphatic heterocycles. The summed E-state index contributed by atoms with van der Waals surface area (Å²) in [5, 5.41) is 5.95. The number of nitrogens with zero attached hydrogens (tertiary/aromatic N) is 3. The largest absolute Gasteiger partial charge is 0.495 e. The Kier molecular flexibility index (Phi) is 13.0. The Morgan fingerprint density at radius 1 is 0.679 bits per heavy atom. The predicted octanol–water partition coefficient (Wildman–Crippen LogP) is 7.73. The summed E-state index contributed by atoms with van der Waals surface area (Å²) in [6.07, 6.45) is 1.27. The van der Waals surface area contributed by atoms with E-state index in [9.17, 15) is 23.6 Å². The highest BCUT2D eigenvalue weighted by Crippen LogP contribution is 2.32. The minimum Gasteiger partial charge on any atom is -0.495 e. The molecule has 0 radical (unpaired) electrons. The van der Waals surface area contributed by atoms with Crippen molar-refractivity contribution in [3.63, 3.8) is 0 Å². The average molecular weight is 776 g/mol. The molecular weight excluding hydrogens is 721 g/mol. The van der Waals surface area contributed by atoms with Crippen LogP contribution in [0.15, 0.2) is 60.7 Å². The first kappa shape index (κ1) is 41.6. The van der Waals surface area contributed by atoms with Crippen LogP contribution in [0.3, 0.4) is 0 Å². The molecule has 2 unspecified atom stereocenters. The van der Waals surface area contributed by atoms with Crippen LogP contribution in [-0.4, -0.2) is 84.4 Å². The second-order valence-electron chi connectivity index (χ2n) is 16.0. The molecule has 0 aliphatic carbocycles. The number of likely N-dealkylation sites (tertiary alicyclic amines) is 2. The van der Waals surface area contributed by atoms with Crippen LogP contribution in [-0.2, 0) is 32.2 Å². The molecule has 2 aliphatic rings. The minimum absolute atomic E-state index is 0.340. The summed E-state index contributed by atoms with van der Waals surface area (Å²) in [5.41, 5.74) is 1.83. The van der Waals surface area contributed by atoms with Gasteiger partial charge in [0.15, 0.2) is 0 Å². The summed E-state index contributed by atoms with van der Waals surface area (Å²) >= 11 is 0. The summed E-state index contributed by atoms with van der Waals surface area (Å²) in [7, 11) is 3.03. The zero-order valence-corrected chi connectivity index (χ0v) is 33.6. The van der Waals surface area contributed by atoms with Crippen LogP contribution in [0, 0.1) is 5.82 Å². The highest BCUT2D eigenvalue weighted by atomic mass is 19.1. The van der Waals surface area contributed by atoms with E-state index < -0.39 is 35.5 Å². The van der Waals surface area contributed by atoms with Crippen molar-refractivity contribution in [1.29, 1.82) is 0 Å². The standard InChI is InChI=1S/C42H54FN5O8/c1-41(2,3)55-39(51)47-21-9-11-33(47)37(49)44-31-23-27(13-19-35(31)53-7)25-46(30-17-15-29(43)16-18-30)26-28-14-20-36(54-8)32(24-28)45-38(50)34-12-10-22-48(34)40(52)56-42(4,5)6/h13-20,23-24,33-34H,9-12,21-22,25-26H2,1-8H3,(H,44,49)(H,45,50). The molecule has 0 spiro atoms. The highest BCUT2D eigenvalue weighted by Gasteiger charge is 2.38. The number of carbonyl (C=O) groups is 4. The Labute approximate surface area is 328 Å². The molecular formula is C42H54FN5O8. The van der Waals surface area contributed by atoms with Gasteiger partial charge < -0.3 is 34.5 Å². The van der Waals surface area contributed by atoms with Crippen molar-refractivity contribution in [2.45, 2.75) is 104 Å². The summed E-state index contributed by atoms with van der Waals surface area (Å²) in [4.78, 5) is 58.0. The summed E-state index contributed by atoms with van der Waals surface area (Å²) in [6.45, 7) is 12.2. The number of carbonyl (C=O) groups excluding carboxylic acids is 4. The van der Waals surface area contributed by atoms with E-state index in [2.05, 4.69) is 10.6 Å². The van der Waals surface area contributed by atoms with E-state index in [1.165, 1.54) is 36.2 Å². The lowest BCUT2D eigenvalue weighted by atomic mass is 10.1. The van der Waals surface area contributed by atoms with Crippen molar-refractivity contribution in [1.82, 2.24) is 9.80 Å². The molecule has 5 rings (SSSR count). The quantitative estimate of drug-likeness (QED) is 0.200. The number of nitrogens with one attached hydrogen (secondary N) is 2. The second kappa shape index (κ2) is 17.5. The Balaban J connectivity index is 1.37. The molecule has 2 atom stereocenters. The van der Waals surface area contributed by atoms with Crippen LogP contribution >= 0.6 is 0 Å². The number of anilines is 3. The van der Waals surface area contributed by atoms with Gasteiger partial charge in [-0.3, -0.25) is 19.4 Å². The monoisotopic (exact) mass is 775 g/mol. The zero-order chi connectivity index (χ0) is 40.8. The van der Waals surface area contributed by atoms with E-state index in [4.69, 9.17) is 18.9 Å². The molecule has 14 heteroatoms. The number of amides is 4. The molecule has 0 aromatic heterocycles. The molecule has 2 N–H and O–H groups in total. The smallest absolute Gasteiger partial charge is 0.410 e. The van der Waals surface area contributed by atoms with Crippen LogP contribution in [0.1, 0.15) is 78.4 Å². The highest BCUT2D eigenvalue weighted by molar-refractivity contribution is 5.99. The van der Waals surface area contributed by atoms with E-state index >= 15 is 0 Å². The molecule has 56 heavy (non-hydrogen) atoms. The number of hydrogen-bond acceptors (Lipinski definition) is 9. The Bertz CT molecular complexity index is 1780. The molecule has 13 nitrogen and oxygen atoms in total. The van der Waals surface area contributed by atoms with Gasteiger partial charge in [-0.05, 0) is 127 Å². The molecule has 0 bridgehead atoms. The third-order valence-electron chi connectivity index (χ3n) is 9.35. The van der Waals surface area contributed by atoms with Crippen molar-refractivity contribution >= 4 is 41.1 Å². The fourth-order valence-corrected chi connectivity index (χ4v) is 6.82. The van der Waals surface area contributed by atoms with Gasteiger partial charge in [-0.25, -0.2) is 14.0 Å². The van der Waals surface area contributed by atoms with Crippen LogP contribution in [0.2, 0.25) is 0 Å². The first-order valence-electron chi connectivity index (χ1n) is 18.9. The average Bonchev–Trinajstić information content (AvgIpc) is 3.82. The van der Waals surface area contributed by atoms with E-state index in [1.807, 2.05) is 29.2 Å². The molecule has 4 amide bonds. The first-order chi connectivity index (χ1) is 26.4. The van der Waals surface area contributed by atoms with Gasteiger partial charge in [0.25, 0.3) is 0 Å². The van der Waals surface area contributed by atoms with Crippen molar-refractivity contribution in [2.75, 3.05) is 42.8 Å². The van der Waals surface area contributed by atoms with Gasteiger partial charge in [0.05, 0.1) is 25.6 Å². The van der Waals surface area contributed by atoms with Crippen molar-refractivity contribution < 1.29 is 42.5 Å². The molecule has 3 aromatic carbocycles. The van der Waals surface area contributed by atoms with E-state index in [0.29, 0.717) is 74.7 Å². The minimum atomic E-state index is -0.701. The van der Waals surface area contributed by atoms with Gasteiger partial charge in [0.2, 0.25) is 11.8 Å². The fourth-order valence-electron chi connectivity index (χ4n) is 6.82. The van der Waals surface area contributed by atoms with Crippen LogP contribution in [0.25, 0.3) is 0 Å². The van der Waals surface area contributed by atoms with Crippen LogP contribution in [0.5, 0.6) is 11.5 Å². The third-order valence-corrected chi connectivity index (χ3v) is 9.35. The molecule has 302 valence electrons. The third kappa shape index (κ3) is 10.8. The number of ether oxygens (including phenoxy) is 4. The van der Waals surface area contributed by atoms with Crippen LogP contribution < -0.4 is 25.0 Å². The summed E-state index contributed by atoms with van der Waals surface area (Å²) in [5.74, 6) is -0.185. The number of benzene rings is 3. The van der Waals surface area contributed by atoms with Crippen molar-refractivity contribution in [3.8, 4) is 11.5 Å². The van der Waals surface area contributed by atoms with E-state index in [0.717, 1.165) is 16.8 Å². The summed E-state index contributed by atoms with van der Waals surface area (Å²) in [6, 6.07) is 15.7. The Morgan fingerprint density at radius 3 is 1.46 bits per heavy atom. The van der Waals surface area contributed by atoms with Gasteiger partial charge in [0.1, 0.15) is 40.6 Å². The number of methoxy groups -OCH3 is 2. The molecule has 0 saturated carbocycles. The maximum absolute atomic E-state index is 14.1. The maximum Gasteiger partial charge on any atom is 0.410 e. The summed E-state index contributed by atoms with van der Waals surface area (Å²) < 4.78 is 36.4. The van der Waals surface area contributed by atoms with Gasteiger partial charge in [-0.1, -0.05) is 12.1 Å². The fraction of sp³-hybridized carbons (Fsp3) is 0.476. The van der Waals surface area contributed by atoms with Crippen LogP contribution in [0.4, 0.5) is 31.0 Å². The SMILES string of the molecule is COc1ccc(CN(Cc2ccc(OC)c(NC(=O)C3CCCN3C(=O)OC(C)(C)C)c2)c2ccc(F)cc2)cc1NC(=O)C1CCCN1C(=O)OC(C)(C)C. The number of halogens is 1. The Hall–Kier alpha value is -5.53. The van der Waals surface area contributed by atoms with Gasteiger partial charge in [-0.2, -0.15) is 0 Å². The molecule has 2 saturated heterocycles. The van der Waals surface area contributed by atoms with Gasteiger partial charge in [-0.15, -0.1) is 0 Å². The topological polar surface area (TPSA) is 139 Å². The predicted molar refractivity (Wildman–Crippen MR) is 211 cm³/mol. The lowest BCUT2D eigenvalue weighted by Crippen LogP contribution is -2.45. The zero-order valence-electron chi connectivity index (χ0n) is 33.6.